The molecule has 0 bridgehead atoms. The third-order valence-electron chi connectivity index (χ3n) is 2.67. The Balaban J connectivity index is 1.92. The number of anilines is 1. The maximum atomic E-state index is 11.8. The molecule has 0 radical (unpaired) electrons. The zero-order chi connectivity index (χ0) is 13.0. The molecule has 0 aliphatic carbocycles. The number of halogens is 1. The van der Waals surface area contributed by atoms with Crippen molar-refractivity contribution in [2.45, 2.75) is 0 Å². The number of aromatic nitrogens is 2. The molecule has 18 heavy (non-hydrogen) atoms. The quantitative estimate of drug-likeness (QED) is 0.674. The van der Waals surface area contributed by atoms with Crippen LogP contribution in [-0.4, -0.2) is 53.5 Å². The van der Waals surface area contributed by atoms with E-state index in [1.165, 1.54) is 6.33 Å². The molecule has 0 unspecified atom stereocenters. The molecule has 1 fully saturated rings. The van der Waals surface area contributed by atoms with Gasteiger partial charge < -0.3 is 20.5 Å². The summed E-state index contributed by atoms with van der Waals surface area (Å²) in [6.07, 6.45) is 1.24. The number of rotatable bonds is 3. The highest BCUT2D eigenvalue weighted by Crippen LogP contribution is 2.11. The van der Waals surface area contributed by atoms with Crippen molar-refractivity contribution in [3.63, 3.8) is 0 Å². The monoisotopic (exact) mass is 271 g/mol. The van der Waals surface area contributed by atoms with E-state index in [4.69, 9.17) is 11.6 Å². The minimum atomic E-state index is -0.427. The fraction of sp³-hybridized carbons (Fsp3) is 0.500. The summed E-state index contributed by atoms with van der Waals surface area (Å²) >= 11 is 5.76. The summed E-state index contributed by atoms with van der Waals surface area (Å²) in [7, 11) is 0. The molecule has 1 saturated heterocycles. The van der Waals surface area contributed by atoms with Crippen LogP contribution in [0.1, 0.15) is 0 Å². The van der Waals surface area contributed by atoms with Gasteiger partial charge in [-0.2, -0.15) is 0 Å². The van der Waals surface area contributed by atoms with Crippen molar-refractivity contribution in [1.82, 2.24) is 20.2 Å². The van der Waals surface area contributed by atoms with Gasteiger partial charge in [-0.3, -0.25) is 9.59 Å². The van der Waals surface area contributed by atoms with Crippen molar-refractivity contribution in [2.75, 3.05) is 38.0 Å². The number of hydrogen-bond acceptors (Lipinski definition) is 5. The van der Waals surface area contributed by atoms with Gasteiger partial charge in [0.05, 0.1) is 12.9 Å². The minimum absolute atomic E-state index is 0.0327. The lowest BCUT2D eigenvalue weighted by Crippen LogP contribution is -2.48. The molecule has 1 amide bonds. The first-order chi connectivity index (χ1) is 8.68. The molecule has 1 aromatic rings. The molecular weight excluding hydrogens is 258 g/mol. The number of H-pyrrole nitrogens is 1. The Hall–Kier alpha value is -1.60. The summed E-state index contributed by atoms with van der Waals surface area (Å²) in [6, 6.07) is 0. The average molecular weight is 272 g/mol. The first-order valence-electron chi connectivity index (χ1n) is 5.64. The van der Waals surface area contributed by atoms with E-state index in [0.29, 0.717) is 13.1 Å². The normalized spacial score (nSPS) is 15.5. The van der Waals surface area contributed by atoms with Crippen LogP contribution in [-0.2, 0) is 4.79 Å². The van der Waals surface area contributed by atoms with Crippen molar-refractivity contribution in [2.24, 2.45) is 0 Å². The molecule has 1 aliphatic heterocycles. The second kappa shape index (κ2) is 5.83. The Morgan fingerprint density at radius 1 is 1.50 bits per heavy atom. The molecular formula is C10H14ClN5O2. The number of carbonyl (C=O) groups excluding carboxylic acids is 1. The fourth-order valence-corrected chi connectivity index (χ4v) is 1.86. The van der Waals surface area contributed by atoms with E-state index in [-0.39, 0.29) is 23.3 Å². The SMILES string of the molecule is O=C(CNc1nc[nH]c(=O)c1Cl)N1CCNCC1. The van der Waals surface area contributed by atoms with Gasteiger partial charge in [-0.05, 0) is 0 Å². The van der Waals surface area contributed by atoms with E-state index in [1.807, 2.05) is 0 Å². The summed E-state index contributed by atoms with van der Waals surface area (Å²) in [6.45, 7) is 3.07. The van der Waals surface area contributed by atoms with Crippen LogP contribution < -0.4 is 16.2 Å². The van der Waals surface area contributed by atoms with Gasteiger partial charge in [-0.15, -0.1) is 0 Å². The van der Waals surface area contributed by atoms with Gasteiger partial charge in [0.25, 0.3) is 5.56 Å². The zero-order valence-electron chi connectivity index (χ0n) is 9.70. The molecule has 0 spiro atoms. The van der Waals surface area contributed by atoms with E-state index in [0.717, 1.165) is 13.1 Å². The van der Waals surface area contributed by atoms with Crippen molar-refractivity contribution >= 4 is 23.3 Å². The zero-order valence-corrected chi connectivity index (χ0v) is 10.5. The number of nitrogens with zero attached hydrogens (tertiary/aromatic N) is 2. The van der Waals surface area contributed by atoms with E-state index in [1.54, 1.807) is 4.90 Å². The third-order valence-corrected chi connectivity index (χ3v) is 3.02. The Labute approximate surface area is 109 Å². The largest absolute Gasteiger partial charge is 0.360 e. The molecule has 98 valence electrons. The standard InChI is InChI=1S/C10H14ClN5O2/c11-8-9(14-6-15-10(8)18)13-5-7(17)16-3-1-12-2-4-16/h6,12H,1-5H2,(H2,13,14,15,18). The van der Waals surface area contributed by atoms with Crippen molar-refractivity contribution < 1.29 is 4.79 Å². The number of nitrogens with one attached hydrogen (secondary N) is 3. The van der Waals surface area contributed by atoms with Gasteiger partial charge in [-0.1, -0.05) is 11.6 Å². The lowest BCUT2D eigenvalue weighted by Gasteiger charge is -2.27. The van der Waals surface area contributed by atoms with Crippen LogP contribution in [0.5, 0.6) is 0 Å². The summed E-state index contributed by atoms with van der Waals surface area (Å²) in [4.78, 5) is 31.0. The molecule has 8 heteroatoms. The molecule has 7 nitrogen and oxygen atoms in total. The number of aromatic amines is 1. The van der Waals surface area contributed by atoms with Crippen LogP contribution in [0, 0.1) is 0 Å². The Morgan fingerprint density at radius 2 is 2.22 bits per heavy atom. The summed E-state index contributed by atoms with van der Waals surface area (Å²) in [5.74, 6) is 0.193. The average Bonchev–Trinajstić information content (AvgIpc) is 2.41. The van der Waals surface area contributed by atoms with Gasteiger partial charge >= 0.3 is 0 Å². The van der Waals surface area contributed by atoms with Crippen LogP contribution in [0.25, 0.3) is 0 Å². The second-order valence-electron chi connectivity index (χ2n) is 3.88. The predicted octanol–water partition coefficient (Wildman–Crippen LogP) is -0.733. The molecule has 0 saturated carbocycles. The highest BCUT2D eigenvalue weighted by Gasteiger charge is 2.16. The summed E-state index contributed by atoms with van der Waals surface area (Å²) in [5, 5.41) is 5.91. The van der Waals surface area contributed by atoms with Gasteiger partial charge in [0.2, 0.25) is 5.91 Å². The summed E-state index contributed by atoms with van der Waals surface area (Å²) in [5.41, 5.74) is -0.427. The molecule has 2 rings (SSSR count). The van der Waals surface area contributed by atoms with Gasteiger partial charge in [0, 0.05) is 26.2 Å². The van der Waals surface area contributed by atoms with E-state index in [2.05, 4.69) is 20.6 Å². The van der Waals surface area contributed by atoms with Gasteiger partial charge in [0.15, 0.2) is 5.82 Å². The third kappa shape index (κ3) is 2.99. The number of carbonyl (C=O) groups is 1. The Bertz CT molecular complexity index is 483. The maximum absolute atomic E-state index is 11.8. The Morgan fingerprint density at radius 3 is 2.94 bits per heavy atom. The van der Waals surface area contributed by atoms with Crippen molar-refractivity contribution in [3.8, 4) is 0 Å². The van der Waals surface area contributed by atoms with Crippen LogP contribution in [0.3, 0.4) is 0 Å². The van der Waals surface area contributed by atoms with Crippen molar-refractivity contribution in [3.05, 3.63) is 21.7 Å². The van der Waals surface area contributed by atoms with E-state index >= 15 is 0 Å². The summed E-state index contributed by atoms with van der Waals surface area (Å²) < 4.78 is 0. The molecule has 0 atom stereocenters. The Kier molecular flexibility index (Phi) is 4.16. The van der Waals surface area contributed by atoms with E-state index in [9.17, 15) is 9.59 Å². The first-order valence-corrected chi connectivity index (χ1v) is 6.02. The highest BCUT2D eigenvalue weighted by molar-refractivity contribution is 6.32. The fourth-order valence-electron chi connectivity index (χ4n) is 1.69. The number of piperazine rings is 1. The first kappa shape index (κ1) is 12.8. The van der Waals surface area contributed by atoms with Gasteiger partial charge in [0.1, 0.15) is 5.02 Å². The van der Waals surface area contributed by atoms with Crippen molar-refractivity contribution in [1.29, 1.82) is 0 Å². The smallest absolute Gasteiger partial charge is 0.271 e. The lowest BCUT2D eigenvalue weighted by atomic mass is 10.3. The minimum Gasteiger partial charge on any atom is -0.360 e. The van der Waals surface area contributed by atoms with Crippen LogP contribution in [0.15, 0.2) is 11.1 Å². The second-order valence-corrected chi connectivity index (χ2v) is 4.26. The van der Waals surface area contributed by atoms with Crippen LogP contribution >= 0.6 is 11.6 Å². The van der Waals surface area contributed by atoms with E-state index < -0.39 is 5.56 Å². The number of hydrogen-bond donors (Lipinski definition) is 3. The molecule has 2 heterocycles. The lowest BCUT2D eigenvalue weighted by molar-refractivity contribution is -0.129. The molecule has 0 aromatic carbocycles. The number of amides is 1. The molecule has 1 aliphatic rings. The maximum Gasteiger partial charge on any atom is 0.271 e. The van der Waals surface area contributed by atoms with Crippen LogP contribution in [0.4, 0.5) is 5.82 Å². The van der Waals surface area contributed by atoms with Crippen LogP contribution in [0.2, 0.25) is 5.02 Å². The van der Waals surface area contributed by atoms with Gasteiger partial charge in [-0.25, -0.2) is 4.98 Å². The highest BCUT2D eigenvalue weighted by atomic mass is 35.5. The molecule has 3 N–H and O–H groups in total. The topological polar surface area (TPSA) is 90.1 Å². The predicted molar refractivity (Wildman–Crippen MR) is 67.8 cm³/mol. The molecule has 1 aromatic heterocycles.